The molecular formula is C16H24O3. The quantitative estimate of drug-likeness (QED) is 0.901. The van der Waals surface area contributed by atoms with E-state index in [0.29, 0.717) is 12.3 Å². The van der Waals surface area contributed by atoms with Crippen molar-refractivity contribution in [1.29, 1.82) is 0 Å². The first-order valence-corrected chi connectivity index (χ1v) is 6.98. The lowest BCUT2D eigenvalue weighted by molar-refractivity contribution is -0.0102. The van der Waals surface area contributed by atoms with E-state index in [0.717, 1.165) is 29.9 Å². The predicted molar refractivity (Wildman–Crippen MR) is 75.7 cm³/mol. The van der Waals surface area contributed by atoms with Crippen LogP contribution in [0, 0.1) is 5.92 Å². The fraction of sp³-hybridized carbons (Fsp3) is 0.625. The van der Waals surface area contributed by atoms with Gasteiger partial charge in [0.25, 0.3) is 0 Å². The number of hydrogen-bond acceptors (Lipinski definition) is 3. The SMILES string of the molecule is COc1ccc2c(c1)C(O)CC(C)(CCC(C)C)O2. The molecule has 1 aliphatic heterocycles. The second-order valence-corrected chi connectivity index (χ2v) is 6.11. The third kappa shape index (κ3) is 3.21. The molecule has 1 aliphatic rings. The van der Waals surface area contributed by atoms with E-state index in [1.807, 2.05) is 18.2 Å². The predicted octanol–water partition coefficient (Wildman–Crippen LogP) is 3.71. The Morgan fingerprint density at radius 1 is 1.47 bits per heavy atom. The van der Waals surface area contributed by atoms with E-state index >= 15 is 0 Å². The van der Waals surface area contributed by atoms with Gasteiger partial charge in [0, 0.05) is 12.0 Å². The number of benzene rings is 1. The van der Waals surface area contributed by atoms with Gasteiger partial charge in [-0.3, -0.25) is 0 Å². The molecule has 0 saturated carbocycles. The molecule has 2 atom stereocenters. The van der Waals surface area contributed by atoms with E-state index < -0.39 is 6.10 Å². The Hall–Kier alpha value is -1.22. The van der Waals surface area contributed by atoms with Crippen molar-refractivity contribution in [3.63, 3.8) is 0 Å². The standard InChI is InChI=1S/C16H24O3/c1-11(2)7-8-16(3)10-14(17)13-9-12(18-4)5-6-15(13)19-16/h5-6,9,11,14,17H,7-8,10H2,1-4H3. The van der Waals surface area contributed by atoms with Gasteiger partial charge in [-0.25, -0.2) is 0 Å². The molecule has 1 heterocycles. The lowest BCUT2D eigenvalue weighted by Crippen LogP contribution is -2.38. The number of ether oxygens (including phenoxy) is 2. The van der Waals surface area contributed by atoms with E-state index in [1.54, 1.807) is 7.11 Å². The fourth-order valence-electron chi connectivity index (χ4n) is 2.58. The highest BCUT2D eigenvalue weighted by Crippen LogP contribution is 2.43. The molecule has 1 N–H and O–H groups in total. The number of aliphatic hydroxyl groups is 1. The zero-order chi connectivity index (χ0) is 14.0. The zero-order valence-electron chi connectivity index (χ0n) is 12.3. The first-order valence-electron chi connectivity index (χ1n) is 6.98. The summed E-state index contributed by atoms with van der Waals surface area (Å²) in [5, 5.41) is 10.3. The lowest BCUT2D eigenvalue weighted by Gasteiger charge is -2.38. The molecule has 2 unspecified atom stereocenters. The maximum atomic E-state index is 10.3. The average Bonchev–Trinajstić information content (AvgIpc) is 2.36. The minimum absolute atomic E-state index is 0.273. The summed E-state index contributed by atoms with van der Waals surface area (Å²) in [4.78, 5) is 0. The summed E-state index contributed by atoms with van der Waals surface area (Å²) >= 11 is 0. The Balaban J connectivity index is 2.19. The molecule has 0 aliphatic carbocycles. The van der Waals surface area contributed by atoms with Crippen molar-refractivity contribution in [1.82, 2.24) is 0 Å². The van der Waals surface area contributed by atoms with Gasteiger partial charge >= 0.3 is 0 Å². The van der Waals surface area contributed by atoms with Crippen molar-refractivity contribution < 1.29 is 14.6 Å². The van der Waals surface area contributed by atoms with Gasteiger partial charge in [0.15, 0.2) is 0 Å². The minimum Gasteiger partial charge on any atom is -0.497 e. The second-order valence-electron chi connectivity index (χ2n) is 6.11. The highest BCUT2D eigenvalue weighted by atomic mass is 16.5. The Labute approximate surface area is 115 Å². The smallest absolute Gasteiger partial charge is 0.126 e. The number of rotatable bonds is 4. The topological polar surface area (TPSA) is 38.7 Å². The molecule has 2 rings (SSSR count). The molecule has 0 aromatic heterocycles. The summed E-state index contributed by atoms with van der Waals surface area (Å²) < 4.78 is 11.3. The molecule has 0 amide bonds. The first-order chi connectivity index (χ1) is 8.93. The summed E-state index contributed by atoms with van der Waals surface area (Å²) in [7, 11) is 1.63. The van der Waals surface area contributed by atoms with Gasteiger partial charge in [0.05, 0.1) is 13.2 Å². The Morgan fingerprint density at radius 2 is 2.21 bits per heavy atom. The van der Waals surface area contributed by atoms with Crippen molar-refractivity contribution in [2.75, 3.05) is 7.11 Å². The molecule has 0 bridgehead atoms. The van der Waals surface area contributed by atoms with Crippen LogP contribution in [0.4, 0.5) is 0 Å². The molecule has 19 heavy (non-hydrogen) atoms. The van der Waals surface area contributed by atoms with Gasteiger partial charge < -0.3 is 14.6 Å². The van der Waals surface area contributed by atoms with Crippen LogP contribution in [-0.2, 0) is 0 Å². The fourth-order valence-corrected chi connectivity index (χ4v) is 2.58. The van der Waals surface area contributed by atoms with Crippen LogP contribution in [0.3, 0.4) is 0 Å². The van der Waals surface area contributed by atoms with Crippen LogP contribution in [0.1, 0.15) is 51.7 Å². The molecular weight excluding hydrogens is 240 g/mol. The van der Waals surface area contributed by atoms with Gasteiger partial charge in [-0.05, 0) is 43.9 Å². The Bertz CT molecular complexity index is 442. The van der Waals surface area contributed by atoms with Crippen molar-refractivity contribution in [3.8, 4) is 11.5 Å². The minimum atomic E-state index is -0.476. The Morgan fingerprint density at radius 3 is 2.84 bits per heavy atom. The Kier molecular flexibility index (Phi) is 4.04. The zero-order valence-corrected chi connectivity index (χ0v) is 12.3. The number of fused-ring (bicyclic) bond motifs is 1. The summed E-state index contributed by atoms with van der Waals surface area (Å²) in [5.74, 6) is 2.19. The van der Waals surface area contributed by atoms with Gasteiger partial charge in [-0.15, -0.1) is 0 Å². The molecule has 3 nitrogen and oxygen atoms in total. The van der Waals surface area contributed by atoms with Gasteiger partial charge in [-0.2, -0.15) is 0 Å². The molecule has 1 aromatic rings. The van der Waals surface area contributed by atoms with Gasteiger partial charge in [0.2, 0.25) is 0 Å². The molecule has 0 radical (unpaired) electrons. The van der Waals surface area contributed by atoms with Crippen LogP contribution in [0.25, 0.3) is 0 Å². The van der Waals surface area contributed by atoms with Crippen molar-refractivity contribution >= 4 is 0 Å². The van der Waals surface area contributed by atoms with Crippen molar-refractivity contribution in [3.05, 3.63) is 23.8 Å². The van der Waals surface area contributed by atoms with E-state index in [1.165, 1.54) is 0 Å². The van der Waals surface area contributed by atoms with E-state index in [9.17, 15) is 5.11 Å². The maximum Gasteiger partial charge on any atom is 0.126 e. The second kappa shape index (κ2) is 5.41. The van der Waals surface area contributed by atoms with Gasteiger partial charge in [0.1, 0.15) is 17.1 Å². The number of aliphatic hydroxyl groups excluding tert-OH is 1. The molecule has 0 saturated heterocycles. The van der Waals surface area contributed by atoms with Gasteiger partial charge in [-0.1, -0.05) is 13.8 Å². The lowest BCUT2D eigenvalue weighted by atomic mass is 9.85. The summed E-state index contributed by atoms with van der Waals surface area (Å²) in [5.41, 5.74) is 0.562. The maximum absolute atomic E-state index is 10.3. The van der Waals surface area contributed by atoms with Crippen LogP contribution in [0.5, 0.6) is 11.5 Å². The summed E-state index contributed by atoms with van der Waals surface area (Å²) in [6, 6.07) is 5.63. The number of methoxy groups -OCH3 is 1. The normalized spacial score (nSPS) is 25.9. The molecule has 0 spiro atoms. The van der Waals surface area contributed by atoms with E-state index in [-0.39, 0.29) is 5.60 Å². The van der Waals surface area contributed by atoms with Crippen molar-refractivity contribution in [2.45, 2.75) is 51.7 Å². The third-order valence-corrected chi connectivity index (χ3v) is 3.81. The largest absolute Gasteiger partial charge is 0.497 e. The number of hydrogen-bond donors (Lipinski definition) is 1. The first kappa shape index (κ1) is 14.2. The molecule has 106 valence electrons. The monoisotopic (exact) mass is 264 g/mol. The third-order valence-electron chi connectivity index (χ3n) is 3.81. The van der Waals surface area contributed by atoms with E-state index in [4.69, 9.17) is 9.47 Å². The molecule has 1 aromatic carbocycles. The van der Waals surface area contributed by atoms with Crippen LogP contribution in [-0.4, -0.2) is 17.8 Å². The average molecular weight is 264 g/mol. The summed E-state index contributed by atoms with van der Waals surface area (Å²) in [6.07, 6.45) is 2.23. The highest BCUT2D eigenvalue weighted by molar-refractivity contribution is 5.43. The van der Waals surface area contributed by atoms with Crippen LogP contribution < -0.4 is 9.47 Å². The van der Waals surface area contributed by atoms with Crippen LogP contribution in [0.15, 0.2) is 18.2 Å². The van der Waals surface area contributed by atoms with Crippen LogP contribution in [0.2, 0.25) is 0 Å². The summed E-state index contributed by atoms with van der Waals surface area (Å²) in [6.45, 7) is 6.51. The van der Waals surface area contributed by atoms with Crippen LogP contribution >= 0.6 is 0 Å². The highest BCUT2D eigenvalue weighted by Gasteiger charge is 2.36. The van der Waals surface area contributed by atoms with Crippen molar-refractivity contribution in [2.24, 2.45) is 5.92 Å². The molecule has 0 fully saturated rings. The molecule has 3 heteroatoms. The van der Waals surface area contributed by atoms with E-state index in [2.05, 4.69) is 20.8 Å².